The van der Waals surface area contributed by atoms with Crippen LogP contribution in [0.4, 0.5) is 0 Å². The summed E-state index contributed by atoms with van der Waals surface area (Å²) < 4.78 is 1.64. The van der Waals surface area contributed by atoms with Gasteiger partial charge < -0.3 is 0 Å². The van der Waals surface area contributed by atoms with E-state index >= 15 is 0 Å². The van der Waals surface area contributed by atoms with E-state index in [9.17, 15) is 4.79 Å². The number of nitrogens with zero attached hydrogens (tertiary/aromatic N) is 1. The lowest BCUT2D eigenvalue weighted by Crippen LogP contribution is -2.15. The molecular formula is C20H22N2O. The third-order valence-corrected chi connectivity index (χ3v) is 4.00. The molecule has 0 radical (unpaired) electrons. The van der Waals surface area contributed by atoms with E-state index in [2.05, 4.69) is 25.9 Å². The summed E-state index contributed by atoms with van der Waals surface area (Å²) in [5.41, 5.74) is 4.52. The van der Waals surface area contributed by atoms with Crippen LogP contribution in [0.2, 0.25) is 0 Å². The molecule has 1 N–H and O–H groups in total. The van der Waals surface area contributed by atoms with Crippen molar-refractivity contribution in [2.75, 3.05) is 0 Å². The minimum absolute atomic E-state index is 0.00928. The minimum atomic E-state index is -0.152. The zero-order chi connectivity index (χ0) is 16.6. The topological polar surface area (TPSA) is 37.8 Å². The van der Waals surface area contributed by atoms with Crippen molar-refractivity contribution in [2.24, 2.45) is 0 Å². The number of H-pyrrole nitrogens is 1. The molecule has 3 heteroatoms. The predicted octanol–water partition coefficient (Wildman–Crippen LogP) is 4.44. The maximum Gasteiger partial charge on any atom is 0.279 e. The molecule has 0 saturated carbocycles. The summed E-state index contributed by atoms with van der Waals surface area (Å²) in [5.74, 6) is 0. The zero-order valence-corrected chi connectivity index (χ0v) is 14.1. The number of aromatic nitrogens is 2. The van der Waals surface area contributed by atoms with Crippen LogP contribution < -0.4 is 5.56 Å². The van der Waals surface area contributed by atoms with Crippen LogP contribution in [0.15, 0.2) is 59.4 Å². The van der Waals surface area contributed by atoms with Crippen molar-refractivity contribution in [1.29, 1.82) is 0 Å². The molecule has 0 bridgehead atoms. The van der Waals surface area contributed by atoms with Crippen LogP contribution in [-0.2, 0) is 5.41 Å². The third kappa shape index (κ3) is 2.87. The lowest BCUT2D eigenvalue weighted by Gasteiger charge is -2.18. The van der Waals surface area contributed by atoms with E-state index in [1.165, 1.54) is 5.56 Å². The molecule has 0 saturated heterocycles. The van der Waals surface area contributed by atoms with E-state index in [0.717, 1.165) is 22.5 Å². The highest BCUT2D eigenvalue weighted by molar-refractivity contribution is 5.67. The minimum Gasteiger partial charge on any atom is -0.294 e. The number of aryl methyl sites for hydroxylation is 1. The highest BCUT2D eigenvalue weighted by atomic mass is 16.1. The van der Waals surface area contributed by atoms with E-state index < -0.39 is 0 Å². The van der Waals surface area contributed by atoms with Gasteiger partial charge in [0, 0.05) is 5.41 Å². The number of aromatic amines is 1. The first-order valence-electron chi connectivity index (χ1n) is 7.86. The number of benzene rings is 2. The highest BCUT2D eigenvalue weighted by Gasteiger charge is 2.25. The summed E-state index contributed by atoms with van der Waals surface area (Å²) in [4.78, 5) is 13.1. The van der Waals surface area contributed by atoms with Gasteiger partial charge >= 0.3 is 0 Å². The number of hydrogen-bond acceptors (Lipinski definition) is 1. The summed E-state index contributed by atoms with van der Waals surface area (Å²) >= 11 is 0. The van der Waals surface area contributed by atoms with E-state index in [1.807, 2.05) is 61.5 Å². The Morgan fingerprint density at radius 3 is 2.09 bits per heavy atom. The summed E-state index contributed by atoms with van der Waals surface area (Å²) in [6.45, 7) is 8.38. The molecule has 0 aliphatic heterocycles. The first kappa shape index (κ1) is 15.3. The number of rotatable bonds is 2. The van der Waals surface area contributed by atoms with Crippen molar-refractivity contribution in [3.05, 3.63) is 76.2 Å². The van der Waals surface area contributed by atoms with Crippen LogP contribution in [0.1, 0.15) is 32.0 Å². The van der Waals surface area contributed by atoms with Gasteiger partial charge in [0.15, 0.2) is 0 Å². The fraction of sp³-hybridized carbons (Fsp3) is 0.250. The number of nitrogens with one attached hydrogen (secondary N) is 1. The highest BCUT2D eigenvalue weighted by Crippen LogP contribution is 2.29. The van der Waals surface area contributed by atoms with Gasteiger partial charge in [0.05, 0.1) is 16.9 Å². The quantitative estimate of drug-likeness (QED) is 0.747. The second-order valence-corrected chi connectivity index (χ2v) is 6.95. The van der Waals surface area contributed by atoms with E-state index in [4.69, 9.17) is 0 Å². The maximum absolute atomic E-state index is 13.1. The van der Waals surface area contributed by atoms with Crippen LogP contribution in [0.3, 0.4) is 0 Å². The molecule has 0 atom stereocenters. The Morgan fingerprint density at radius 2 is 1.52 bits per heavy atom. The van der Waals surface area contributed by atoms with E-state index in [1.54, 1.807) is 4.68 Å². The van der Waals surface area contributed by atoms with Crippen molar-refractivity contribution in [3.8, 4) is 16.8 Å². The Morgan fingerprint density at radius 1 is 0.913 bits per heavy atom. The second-order valence-electron chi connectivity index (χ2n) is 6.95. The third-order valence-electron chi connectivity index (χ3n) is 4.00. The molecule has 23 heavy (non-hydrogen) atoms. The van der Waals surface area contributed by atoms with Crippen molar-refractivity contribution in [3.63, 3.8) is 0 Å². The molecule has 3 rings (SSSR count). The SMILES string of the molecule is Cc1ccc(-n2[nH]c(C(C)(C)C)c(-c3ccccc3)c2=O)cc1. The lowest BCUT2D eigenvalue weighted by atomic mass is 9.87. The molecule has 0 aliphatic carbocycles. The molecule has 0 aliphatic rings. The van der Waals surface area contributed by atoms with Gasteiger partial charge in [-0.15, -0.1) is 0 Å². The summed E-state index contributed by atoms with van der Waals surface area (Å²) in [7, 11) is 0. The van der Waals surface area contributed by atoms with Gasteiger partial charge in [0.2, 0.25) is 0 Å². The average molecular weight is 306 g/mol. The Balaban J connectivity index is 2.27. The molecule has 0 fully saturated rings. The van der Waals surface area contributed by atoms with E-state index in [0.29, 0.717) is 0 Å². The Labute approximate surface area is 136 Å². The molecule has 0 unspecified atom stereocenters. The largest absolute Gasteiger partial charge is 0.294 e. The Bertz CT molecular complexity index is 863. The molecule has 3 nitrogen and oxygen atoms in total. The molecule has 3 aromatic rings. The van der Waals surface area contributed by atoms with Crippen molar-refractivity contribution in [1.82, 2.24) is 9.78 Å². The summed E-state index contributed by atoms with van der Waals surface area (Å²) in [5, 5.41) is 3.33. The zero-order valence-electron chi connectivity index (χ0n) is 14.1. The molecule has 2 aromatic carbocycles. The second kappa shape index (κ2) is 5.58. The van der Waals surface area contributed by atoms with Crippen LogP contribution >= 0.6 is 0 Å². The van der Waals surface area contributed by atoms with Crippen LogP contribution in [-0.4, -0.2) is 9.78 Å². The maximum atomic E-state index is 13.1. The summed E-state index contributed by atoms with van der Waals surface area (Å²) in [6, 6.07) is 17.8. The Kier molecular flexibility index (Phi) is 3.72. The normalized spacial score (nSPS) is 11.7. The van der Waals surface area contributed by atoms with Crippen molar-refractivity contribution >= 4 is 0 Å². The molecule has 118 valence electrons. The molecular weight excluding hydrogens is 284 g/mol. The predicted molar refractivity (Wildman–Crippen MR) is 95.3 cm³/mol. The standard InChI is InChI=1S/C20H22N2O/c1-14-10-12-16(13-11-14)22-19(23)17(15-8-6-5-7-9-15)18(21-22)20(2,3)4/h5-13,21H,1-4H3. The molecule has 0 spiro atoms. The van der Waals surface area contributed by atoms with Gasteiger partial charge in [-0.05, 0) is 24.6 Å². The van der Waals surface area contributed by atoms with Gasteiger partial charge in [-0.2, -0.15) is 0 Å². The molecule has 1 aromatic heterocycles. The molecule has 0 amide bonds. The van der Waals surface area contributed by atoms with E-state index in [-0.39, 0.29) is 11.0 Å². The molecule has 1 heterocycles. The average Bonchev–Trinajstić information content (AvgIpc) is 2.87. The summed E-state index contributed by atoms with van der Waals surface area (Å²) in [6.07, 6.45) is 0. The number of hydrogen-bond donors (Lipinski definition) is 1. The smallest absolute Gasteiger partial charge is 0.279 e. The van der Waals surface area contributed by atoms with Crippen LogP contribution in [0, 0.1) is 6.92 Å². The van der Waals surface area contributed by atoms with Gasteiger partial charge in [0.1, 0.15) is 0 Å². The fourth-order valence-corrected chi connectivity index (χ4v) is 2.73. The monoisotopic (exact) mass is 306 g/mol. The lowest BCUT2D eigenvalue weighted by molar-refractivity contribution is 0.561. The fourth-order valence-electron chi connectivity index (χ4n) is 2.73. The van der Waals surface area contributed by atoms with Crippen molar-refractivity contribution in [2.45, 2.75) is 33.1 Å². The van der Waals surface area contributed by atoms with Crippen LogP contribution in [0.25, 0.3) is 16.8 Å². The first-order valence-corrected chi connectivity index (χ1v) is 7.86. The van der Waals surface area contributed by atoms with Gasteiger partial charge in [0.25, 0.3) is 5.56 Å². The van der Waals surface area contributed by atoms with Crippen molar-refractivity contribution < 1.29 is 0 Å². The Hall–Kier alpha value is -2.55. The van der Waals surface area contributed by atoms with Crippen LogP contribution in [0.5, 0.6) is 0 Å². The van der Waals surface area contributed by atoms with Gasteiger partial charge in [-0.1, -0.05) is 68.8 Å². The van der Waals surface area contributed by atoms with Gasteiger partial charge in [-0.3, -0.25) is 9.89 Å². The first-order chi connectivity index (χ1) is 10.9. The van der Waals surface area contributed by atoms with Gasteiger partial charge in [-0.25, -0.2) is 4.68 Å².